The number of carbonyl (C=O) groups excluding carboxylic acids is 2. The molecule has 0 spiro atoms. The molecule has 0 aliphatic carbocycles. The summed E-state index contributed by atoms with van der Waals surface area (Å²) in [6, 6.07) is 8.62. The van der Waals surface area contributed by atoms with Crippen LogP contribution in [0.2, 0.25) is 0 Å². The number of para-hydroxylation sites is 1. The molecule has 4 rings (SSSR count). The van der Waals surface area contributed by atoms with E-state index in [-0.39, 0.29) is 28.4 Å². The number of benzene rings is 1. The van der Waals surface area contributed by atoms with Crippen molar-refractivity contribution in [3.05, 3.63) is 62.9 Å². The monoisotopic (exact) mass is 409 g/mol. The highest BCUT2D eigenvalue weighted by atomic mass is 16.2. The van der Waals surface area contributed by atoms with Gasteiger partial charge >= 0.3 is 5.69 Å². The molecule has 30 heavy (non-hydrogen) atoms. The molecular formula is C21H23N5O4. The van der Waals surface area contributed by atoms with Gasteiger partial charge in [-0.3, -0.25) is 14.4 Å². The molecule has 2 N–H and O–H groups in total. The van der Waals surface area contributed by atoms with E-state index in [1.807, 2.05) is 0 Å². The first-order valence-corrected chi connectivity index (χ1v) is 9.93. The largest absolute Gasteiger partial charge is 0.352 e. The number of fused-ring (bicyclic) bond motifs is 1. The fourth-order valence-corrected chi connectivity index (χ4v) is 3.86. The fourth-order valence-electron chi connectivity index (χ4n) is 3.86. The highest BCUT2D eigenvalue weighted by Crippen LogP contribution is 2.15. The van der Waals surface area contributed by atoms with E-state index in [4.69, 9.17) is 0 Å². The first-order valence-electron chi connectivity index (χ1n) is 9.93. The molecule has 156 valence electrons. The van der Waals surface area contributed by atoms with Crippen LogP contribution in [0.15, 0.2) is 46.1 Å². The molecule has 1 saturated heterocycles. The lowest BCUT2D eigenvalue weighted by atomic mass is 10.2. The first-order chi connectivity index (χ1) is 14.5. The summed E-state index contributed by atoms with van der Waals surface area (Å²) in [6.45, 7) is 1.77. The zero-order valence-electron chi connectivity index (χ0n) is 16.7. The van der Waals surface area contributed by atoms with Crippen LogP contribution in [0.3, 0.4) is 0 Å². The average Bonchev–Trinajstić information content (AvgIpc) is 3.28. The van der Waals surface area contributed by atoms with Crippen LogP contribution in [0.25, 0.3) is 16.7 Å². The Bertz CT molecular complexity index is 1220. The van der Waals surface area contributed by atoms with Crippen molar-refractivity contribution in [2.24, 2.45) is 7.05 Å². The molecule has 0 saturated carbocycles. The minimum absolute atomic E-state index is 0.155. The SMILES string of the molecule is Cn1cc(C(=O)NCCCN2CCCC2=O)c2[nH]c(=O)n(-c3ccccc3)c(=O)c21. The van der Waals surface area contributed by atoms with E-state index >= 15 is 0 Å². The maximum absolute atomic E-state index is 13.0. The number of carbonyl (C=O) groups is 2. The Kier molecular flexibility index (Phi) is 5.26. The Morgan fingerprint density at radius 3 is 2.63 bits per heavy atom. The molecular weight excluding hydrogens is 386 g/mol. The van der Waals surface area contributed by atoms with Crippen molar-refractivity contribution in [1.82, 2.24) is 24.3 Å². The number of aryl methyl sites for hydroxylation is 1. The molecule has 1 aromatic carbocycles. The van der Waals surface area contributed by atoms with Crippen LogP contribution in [0.1, 0.15) is 29.6 Å². The minimum Gasteiger partial charge on any atom is -0.352 e. The van der Waals surface area contributed by atoms with E-state index in [2.05, 4.69) is 10.3 Å². The van der Waals surface area contributed by atoms with Gasteiger partial charge < -0.3 is 19.8 Å². The number of hydrogen-bond donors (Lipinski definition) is 2. The summed E-state index contributed by atoms with van der Waals surface area (Å²) in [6.07, 6.45) is 3.65. The predicted octanol–water partition coefficient (Wildman–Crippen LogP) is 0.760. The number of likely N-dealkylation sites (tertiary alicyclic amines) is 1. The third kappa shape index (κ3) is 3.54. The van der Waals surface area contributed by atoms with Crippen LogP contribution in [-0.2, 0) is 11.8 Å². The van der Waals surface area contributed by atoms with Crippen molar-refractivity contribution >= 4 is 22.8 Å². The van der Waals surface area contributed by atoms with Crippen LogP contribution >= 0.6 is 0 Å². The summed E-state index contributed by atoms with van der Waals surface area (Å²) in [5.41, 5.74) is 0.0483. The lowest BCUT2D eigenvalue weighted by molar-refractivity contribution is -0.127. The van der Waals surface area contributed by atoms with Crippen molar-refractivity contribution in [1.29, 1.82) is 0 Å². The molecule has 1 aliphatic rings. The van der Waals surface area contributed by atoms with E-state index in [0.29, 0.717) is 31.6 Å². The van der Waals surface area contributed by atoms with Gasteiger partial charge in [0.1, 0.15) is 5.52 Å². The maximum atomic E-state index is 13.0. The molecule has 0 unspecified atom stereocenters. The topological polar surface area (TPSA) is 109 Å². The molecule has 2 aromatic heterocycles. The molecule has 1 fully saturated rings. The lowest BCUT2D eigenvalue weighted by Crippen LogP contribution is -2.34. The van der Waals surface area contributed by atoms with E-state index in [1.54, 1.807) is 46.8 Å². The Labute approximate surface area is 171 Å². The number of nitrogens with zero attached hydrogens (tertiary/aromatic N) is 3. The van der Waals surface area contributed by atoms with Gasteiger partial charge in [-0.05, 0) is 25.0 Å². The van der Waals surface area contributed by atoms with Crippen LogP contribution < -0.4 is 16.6 Å². The number of aromatic amines is 1. The van der Waals surface area contributed by atoms with Crippen LogP contribution in [0.5, 0.6) is 0 Å². The van der Waals surface area contributed by atoms with Crippen molar-refractivity contribution in [3.63, 3.8) is 0 Å². The summed E-state index contributed by atoms with van der Waals surface area (Å²) in [5.74, 6) is -0.219. The molecule has 2 amide bonds. The number of hydrogen-bond acceptors (Lipinski definition) is 4. The van der Waals surface area contributed by atoms with E-state index < -0.39 is 11.2 Å². The van der Waals surface area contributed by atoms with Gasteiger partial charge in [0.05, 0.1) is 16.8 Å². The van der Waals surface area contributed by atoms with Crippen molar-refractivity contribution in [2.75, 3.05) is 19.6 Å². The first kappa shape index (κ1) is 19.7. The number of aromatic nitrogens is 3. The van der Waals surface area contributed by atoms with E-state index in [1.165, 1.54) is 6.20 Å². The van der Waals surface area contributed by atoms with Gasteiger partial charge in [0.15, 0.2) is 0 Å². The van der Waals surface area contributed by atoms with Crippen LogP contribution in [0, 0.1) is 0 Å². The van der Waals surface area contributed by atoms with E-state index in [0.717, 1.165) is 17.5 Å². The average molecular weight is 409 g/mol. The van der Waals surface area contributed by atoms with Gasteiger partial charge in [-0.15, -0.1) is 0 Å². The molecule has 3 heterocycles. The Morgan fingerprint density at radius 2 is 1.93 bits per heavy atom. The summed E-state index contributed by atoms with van der Waals surface area (Å²) >= 11 is 0. The molecule has 0 atom stereocenters. The van der Waals surface area contributed by atoms with Crippen LogP contribution in [0.4, 0.5) is 0 Å². The quantitative estimate of drug-likeness (QED) is 0.586. The van der Waals surface area contributed by atoms with E-state index in [9.17, 15) is 19.2 Å². The predicted molar refractivity (Wildman–Crippen MR) is 112 cm³/mol. The summed E-state index contributed by atoms with van der Waals surface area (Å²) in [4.78, 5) is 54.4. The molecule has 0 bridgehead atoms. The zero-order chi connectivity index (χ0) is 21.3. The molecule has 0 radical (unpaired) electrons. The zero-order valence-corrected chi connectivity index (χ0v) is 16.7. The van der Waals surface area contributed by atoms with Gasteiger partial charge in [0.2, 0.25) is 5.91 Å². The summed E-state index contributed by atoms with van der Waals surface area (Å²) in [5, 5.41) is 2.81. The second-order valence-corrected chi connectivity index (χ2v) is 7.38. The number of nitrogens with one attached hydrogen (secondary N) is 2. The standard InChI is InChI=1S/C21H23N5O4/c1-24-13-15(19(28)22-10-6-12-25-11-5-9-16(25)27)17-18(24)20(29)26(21(30)23-17)14-7-3-2-4-8-14/h2-4,7-8,13H,5-6,9-12H2,1H3,(H,22,28)(H,23,30). The maximum Gasteiger partial charge on any atom is 0.333 e. The molecule has 9 nitrogen and oxygen atoms in total. The Hall–Kier alpha value is -3.62. The summed E-state index contributed by atoms with van der Waals surface area (Å²) in [7, 11) is 1.66. The molecule has 3 aromatic rings. The van der Waals surface area contributed by atoms with Crippen molar-refractivity contribution < 1.29 is 9.59 Å². The van der Waals surface area contributed by atoms with Gasteiger partial charge in [-0.1, -0.05) is 18.2 Å². The molecule has 9 heteroatoms. The highest BCUT2D eigenvalue weighted by molar-refractivity contribution is 6.05. The third-order valence-electron chi connectivity index (χ3n) is 5.34. The smallest absolute Gasteiger partial charge is 0.333 e. The van der Waals surface area contributed by atoms with Crippen LogP contribution in [-0.4, -0.2) is 50.5 Å². The second kappa shape index (κ2) is 8.02. The van der Waals surface area contributed by atoms with Gasteiger partial charge in [0, 0.05) is 39.3 Å². The van der Waals surface area contributed by atoms with Gasteiger partial charge in [-0.25, -0.2) is 9.36 Å². The number of rotatable bonds is 6. The highest BCUT2D eigenvalue weighted by Gasteiger charge is 2.21. The Balaban J connectivity index is 1.56. The summed E-state index contributed by atoms with van der Waals surface area (Å²) < 4.78 is 2.60. The third-order valence-corrected chi connectivity index (χ3v) is 5.34. The lowest BCUT2D eigenvalue weighted by Gasteiger charge is -2.15. The van der Waals surface area contributed by atoms with Crippen molar-refractivity contribution in [2.45, 2.75) is 19.3 Å². The number of H-pyrrole nitrogens is 1. The Morgan fingerprint density at radius 1 is 1.17 bits per heavy atom. The van der Waals surface area contributed by atoms with Crippen molar-refractivity contribution in [3.8, 4) is 5.69 Å². The second-order valence-electron chi connectivity index (χ2n) is 7.38. The normalized spacial score (nSPS) is 13.9. The van der Waals surface area contributed by atoms with Gasteiger partial charge in [-0.2, -0.15) is 0 Å². The molecule has 1 aliphatic heterocycles. The van der Waals surface area contributed by atoms with Gasteiger partial charge in [0.25, 0.3) is 11.5 Å². The fraction of sp³-hybridized carbons (Fsp3) is 0.333. The number of amides is 2. The minimum atomic E-state index is -0.605.